The first-order valence-electron chi connectivity index (χ1n) is 7.49. The van der Waals surface area contributed by atoms with Crippen molar-refractivity contribution >= 4 is 5.91 Å². The van der Waals surface area contributed by atoms with Crippen LogP contribution in [0.25, 0.3) is 0 Å². The molecule has 4 nitrogen and oxygen atoms in total. The third kappa shape index (κ3) is 1.82. The molecule has 20 heavy (non-hydrogen) atoms. The fourth-order valence-corrected chi connectivity index (χ4v) is 3.95. The normalized spacial score (nSPS) is 31.1. The molecule has 4 rings (SSSR count). The molecule has 1 aromatic carbocycles. The zero-order valence-electron chi connectivity index (χ0n) is 11.4. The number of amides is 1. The molecular formula is C16H19NO3. The van der Waals surface area contributed by atoms with Gasteiger partial charge in [-0.1, -0.05) is 0 Å². The molecule has 1 N–H and O–H groups in total. The zero-order chi connectivity index (χ0) is 13.7. The first-order valence-corrected chi connectivity index (χ1v) is 7.49. The molecule has 0 saturated carbocycles. The highest BCUT2D eigenvalue weighted by molar-refractivity contribution is 5.95. The van der Waals surface area contributed by atoms with Crippen molar-refractivity contribution in [1.82, 2.24) is 4.90 Å². The van der Waals surface area contributed by atoms with Crippen molar-refractivity contribution in [3.8, 4) is 5.75 Å². The van der Waals surface area contributed by atoms with Crippen molar-refractivity contribution in [3.05, 3.63) is 29.3 Å². The summed E-state index contributed by atoms with van der Waals surface area (Å²) < 4.78 is 5.49. The minimum absolute atomic E-state index is 0.124. The quantitative estimate of drug-likeness (QED) is 0.848. The molecule has 2 saturated heterocycles. The Morgan fingerprint density at radius 2 is 2.00 bits per heavy atom. The number of rotatable bonds is 1. The summed E-state index contributed by atoms with van der Waals surface area (Å²) in [6, 6.07) is 6.21. The third-order valence-electron chi connectivity index (χ3n) is 4.88. The van der Waals surface area contributed by atoms with E-state index < -0.39 is 0 Å². The van der Waals surface area contributed by atoms with Crippen LogP contribution in [0.2, 0.25) is 0 Å². The second kappa shape index (κ2) is 4.48. The summed E-state index contributed by atoms with van der Waals surface area (Å²) in [7, 11) is 0. The van der Waals surface area contributed by atoms with Crippen LogP contribution in [0.3, 0.4) is 0 Å². The van der Waals surface area contributed by atoms with Gasteiger partial charge in [0.1, 0.15) is 5.75 Å². The predicted molar refractivity (Wildman–Crippen MR) is 73.9 cm³/mol. The summed E-state index contributed by atoms with van der Waals surface area (Å²) in [5.74, 6) is 1.04. The molecule has 0 spiro atoms. The number of aliphatic hydroxyl groups is 1. The SMILES string of the molecule is O=C(c1ccc2c(c1)CCO2)N1C2CCC1CC(O)C2. The van der Waals surface area contributed by atoms with Gasteiger partial charge >= 0.3 is 0 Å². The number of hydrogen-bond acceptors (Lipinski definition) is 3. The molecule has 2 unspecified atom stereocenters. The largest absolute Gasteiger partial charge is 0.493 e. The Morgan fingerprint density at radius 3 is 2.75 bits per heavy atom. The van der Waals surface area contributed by atoms with E-state index in [2.05, 4.69) is 0 Å². The summed E-state index contributed by atoms with van der Waals surface area (Å²) in [5, 5.41) is 9.83. The predicted octanol–water partition coefficient (Wildman–Crippen LogP) is 1.75. The highest BCUT2D eigenvalue weighted by Gasteiger charge is 2.43. The molecule has 2 bridgehead atoms. The van der Waals surface area contributed by atoms with Crippen LogP contribution in [0.4, 0.5) is 0 Å². The lowest BCUT2D eigenvalue weighted by atomic mass is 9.98. The highest BCUT2D eigenvalue weighted by atomic mass is 16.5. The molecule has 2 atom stereocenters. The van der Waals surface area contributed by atoms with Crippen molar-refractivity contribution in [2.75, 3.05) is 6.61 Å². The van der Waals surface area contributed by atoms with Gasteiger partial charge in [-0.15, -0.1) is 0 Å². The van der Waals surface area contributed by atoms with Crippen molar-refractivity contribution in [3.63, 3.8) is 0 Å². The van der Waals surface area contributed by atoms with Crippen molar-refractivity contribution in [2.24, 2.45) is 0 Å². The van der Waals surface area contributed by atoms with Crippen LogP contribution in [0.5, 0.6) is 5.75 Å². The number of benzene rings is 1. The molecule has 0 aromatic heterocycles. The van der Waals surface area contributed by atoms with E-state index in [4.69, 9.17) is 4.74 Å². The van der Waals surface area contributed by atoms with Gasteiger partial charge in [-0.3, -0.25) is 4.79 Å². The van der Waals surface area contributed by atoms with E-state index in [0.717, 1.165) is 49.0 Å². The number of aliphatic hydroxyl groups excluding tert-OH is 1. The van der Waals surface area contributed by atoms with Gasteiger partial charge in [0.15, 0.2) is 0 Å². The van der Waals surface area contributed by atoms with E-state index in [9.17, 15) is 9.90 Å². The fourth-order valence-electron chi connectivity index (χ4n) is 3.95. The molecule has 3 aliphatic rings. The Balaban J connectivity index is 1.61. The molecule has 2 fully saturated rings. The monoisotopic (exact) mass is 273 g/mol. The van der Waals surface area contributed by atoms with E-state index in [1.54, 1.807) is 0 Å². The van der Waals surface area contributed by atoms with Gasteiger partial charge in [-0.05, 0) is 49.4 Å². The van der Waals surface area contributed by atoms with Gasteiger partial charge in [-0.2, -0.15) is 0 Å². The molecule has 106 valence electrons. The lowest BCUT2D eigenvalue weighted by Crippen LogP contribution is -2.48. The Bertz CT molecular complexity index is 543. The van der Waals surface area contributed by atoms with Crippen LogP contribution >= 0.6 is 0 Å². The topological polar surface area (TPSA) is 49.8 Å². The Hall–Kier alpha value is -1.55. The minimum Gasteiger partial charge on any atom is -0.493 e. The van der Waals surface area contributed by atoms with Crippen molar-refractivity contribution in [2.45, 2.75) is 50.3 Å². The summed E-state index contributed by atoms with van der Waals surface area (Å²) >= 11 is 0. The number of carbonyl (C=O) groups is 1. The van der Waals surface area contributed by atoms with Crippen LogP contribution in [0, 0.1) is 0 Å². The van der Waals surface area contributed by atoms with Crippen LogP contribution in [0.1, 0.15) is 41.6 Å². The molecule has 1 amide bonds. The lowest BCUT2D eigenvalue weighted by molar-refractivity contribution is 0.0287. The van der Waals surface area contributed by atoms with Gasteiger partial charge in [0.05, 0.1) is 12.7 Å². The van der Waals surface area contributed by atoms with Gasteiger partial charge < -0.3 is 14.7 Å². The maximum atomic E-state index is 12.8. The fraction of sp³-hybridized carbons (Fsp3) is 0.562. The van der Waals surface area contributed by atoms with Gasteiger partial charge in [-0.25, -0.2) is 0 Å². The summed E-state index contributed by atoms with van der Waals surface area (Å²) in [6.07, 6.45) is 4.18. The van der Waals surface area contributed by atoms with E-state index in [1.807, 2.05) is 23.1 Å². The van der Waals surface area contributed by atoms with Crippen molar-refractivity contribution in [1.29, 1.82) is 0 Å². The first-order chi connectivity index (χ1) is 9.72. The summed E-state index contributed by atoms with van der Waals surface area (Å²) in [4.78, 5) is 14.8. The minimum atomic E-state index is -0.232. The van der Waals surface area contributed by atoms with Crippen LogP contribution in [-0.2, 0) is 6.42 Å². The number of carbonyl (C=O) groups excluding carboxylic acids is 1. The zero-order valence-corrected chi connectivity index (χ0v) is 11.4. The van der Waals surface area contributed by atoms with Crippen LogP contribution in [-0.4, -0.2) is 40.7 Å². The highest BCUT2D eigenvalue weighted by Crippen LogP contribution is 2.37. The molecule has 3 aliphatic heterocycles. The van der Waals surface area contributed by atoms with E-state index in [-0.39, 0.29) is 24.1 Å². The Labute approximate surface area is 118 Å². The number of piperidine rings is 1. The number of hydrogen-bond donors (Lipinski definition) is 1. The van der Waals surface area contributed by atoms with Gasteiger partial charge in [0.25, 0.3) is 5.91 Å². The summed E-state index contributed by atoms with van der Waals surface area (Å²) in [6.45, 7) is 0.716. The molecule has 0 radical (unpaired) electrons. The number of nitrogens with zero attached hydrogens (tertiary/aromatic N) is 1. The van der Waals surface area contributed by atoms with E-state index in [1.165, 1.54) is 0 Å². The maximum absolute atomic E-state index is 12.8. The second-order valence-corrected chi connectivity index (χ2v) is 6.14. The maximum Gasteiger partial charge on any atom is 0.254 e. The molecule has 4 heteroatoms. The molecule has 1 aromatic rings. The average Bonchev–Trinajstić information content (AvgIpc) is 3.00. The van der Waals surface area contributed by atoms with Gasteiger partial charge in [0, 0.05) is 24.1 Å². The average molecular weight is 273 g/mol. The van der Waals surface area contributed by atoms with E-state index in [0.29, 0.717) is 6.61 Å². The van der Waals surface area contributed by atoms with E-state index >= 15 is 0 Å². The first kappa shape index (κ1) is 12.2. The van der Waals surface area contributed by atoms with Gasteiger partial charge in [0.2, 0.25) is 0 Å². The Morgan fingerprint density at radius 1 is 1.25 bits per heavy atom. The number of ether oxygens (including phenoxy) is 1. The molecular weight excluding hydrogens is 254 g/mol. The van der Waals surface area contributed by atoms with Crippen LogP contribution in [0.15, 0.2) is 18.2 Å². The van der Waals surface area contributed by atoms with Crippen LogP contribution < -0.4 is 4.74 Å². The lowest BCUT2D eigenvalue weighted by Gasteiger charge is -2.37. The van der Waals surface area contributed by atoms with Crippen molar-refractivity contribution < 1.29 is 14.6 Å². The third-order valence-corrected chi connectivity index (χ3v) is 4.88. The Kier molecular flexibility index (Phi) is 2.74. The smallest absolute Gasteiger partial charge is 0.254 e. The second-order valence-electron chi connectivity index (χ2n) is 6.14. The summed E-state index contributed by atoms with van der Waals surface area (Å²) in [5.41, 5.74) is 1.91. The molecule has 0 aliphatic carbocycles. The number of fused-ring (bicyclic) bond motifs is 3. The standard InChI is InChI=1S/C16H19NO3/c18-14-8-12-2-3-13(9-14)17(12)16(19)11-1-4-15-10(7-11)5-6-20-15/h1,4,7,12-14,18H,2-3,5-6,8-9H2. The molecule has 3 heterocycles.